The van der Waals surface area contributed by atoms with Gasteiger partial charge >= 0.3 is 17.9 Å². The Kier molecular flexibility index (Phi) is 3.99. The Hall–Kier alpha value is -3.15. The van der Waals surface area contributed by atoms with Crippen LogP contribution < -0.4 is 5.73 Å². The molecule has 0 aromatic heterocycles. The van der Waals surface area contributed by atoms with E-state index in [9.17, 15) is 14.4 Å². The Morgan fingerprint density at radius 1 is 0.905 bits per heavy atom. The van der Waals surface area contributed by atoms with Gasteiger partial charge in [-0.15, -0.1) is 0 Å². The molecule has 0 atom stereocenters. The van der Waals surface area contributed by atoms with Gasteiger partial charge in [0.25, 0.3) is 0 Å². The molecule has 106 valence electrons. The second-order valence-electron chi connectivity index (χ2n) is 4.15. The number of benzene rings is 2. The topological polar surface area (TPSA) is 107 Å². The fraction of sp³-hybridized carbons (Fsp3) is 0. The number of carbonyl (C=O) groups excluding carboxylic acids is 2. The van der Waals surface area contributed by atoms with Gasteiger partial charge in [0.1, 0.15) is 0 Å². The van der Waals surface area contributed by atoms with Crippen molar-refractivity contribution in [3.05, 3.63) is 65.2 Å². The zero-order valence-electron chi connectivity index (χ0n) is 10.8. The zero-order chi connectivity index (χ0) is 15.4. The van der Waals surface area contributed by atoms with Crippen LogP contribution in [0.5, 0.6) is 0 Å². The number of nitrogens with two attached hydrogens (primary N) is 1. The van der Waals surface area contributed by atoms with Crippen molar-refractivity contribution in [1.29, 1.82) is 0 Å². The van der Waals surface area contributed by atoms with Gasteiger partial charge in [0.05, 0.1) is 16.7 Å². The Balaban J connectivity index is 2.19. The first-order chi connectivity index (χ1) is 9.99. The van der Waals surface area contributed by atoms with Crippen LogP contribution in [0, 0.1) is 0 Å². The van der Waals surface area contributed by atoms with Gasteiger partial charge < -0.3 is 15.6 Å². The van der Waals surface area contributed by atoms with E-state index in [1.165, 1.54) is 30.3 Å². The predicted octanol–water partition coefficient (Wildman–Crippen LogP) is 1.96. The third kappa shape index (κ3) is 3.24. The number of esters is 2. The summed E-state index contributed by atoms with van der Waals surface area (Å²) >= 11 is 0. The van der Waals surface area contributed by atoms with Crippen molar-refractivity contribution in [3.8, 4) is 0 Å². The van der Waals surface area contributed by atoms with Gasteiger partial charge in [-0.1, -0.05) is 18.2 Å². The molecule has 0 spiro atoms. The van der Waals surface area contributed by atoms with Crippen molar-refractivity contribution >= 4 is 23.6 Å². The lowest BCUT2D eigenvalue weighted by Crippen LogP contribution is -2.14. The van der Waals surface area contributed by atoms with E-state index in [0.717, 1.165) is 6.07 Å². The second kappa shape index (κ2) is 5.87. The molecule has 0 aliphatic heterocycles. The van der Waals surface area contributed by atoms with Crippen LogP contribution in [0.3, 0.4) is 0 Å². The molecule has 0 radical (unpaired) electrons. The Morgan fingerprint density at radius 2 is 1.57 bits per heavy atom. The third-order valence-corrected chi connectivity index (χ3v) is 2.71. The molecule has 6 heteroatoms. The average molecular weight is 285 g/mol. The van der Waals surface area contributed by atoms with E-state index < -0.39 is 17.9 Å². The molecule has 6 nitrogen and oxygen atoms in total. The highest BCUT2D eigenvalue weighted by atomic mass is 16.6. The second-order valence-corrected chi connectivity index (χ2v) is 4.15. The summed E-state index contributed by atoms with van der Waals surface area (Å²) in [4.78, 5) is 34.5. The summed E-state index contributed by atoms with van der Waals surface area (Å²) in [6.45, 7) is 0. The Bertz CT molecular complexity index is 724. The van der Waals surface area contributed by atoms with E-state index in [1.54, 1.807) is 12.1 Å². The molecule has 0 heterocycles. The summed E-state index contributed by atoms with van der Waals surface area (Å²) in [5.74, 6) is -3.01. The molecule has 0 saturated heterocycles. The maximum Gasteiger partial charge on any atom is 0.348 e. The summed E-state index contributed by atoms with van der Waals surface area (Å²) < 4.78 is 4.69. The van der Waals surface area contributed by atoms with Crippen LogP contribution in [-0.2, 0) is 4.74 Å². The number of carbonyl (C=O) groups is 3. The van der Waals surface area contributed by atoms with Gasteiger partial charge in [-0.05, 0) is 30.3 Å². The van der Waals surface area contributed by atoms with Gasteiger partial charge in [0.2, 0.25) is 0 Å². The summed E-state index contributed by atoms with van der Waals surface area (Å²) in [7, 11) is 0. The fourth-order valence-corrected chi connectivity index (χ4v) is 1.66. The molecule has 0 amide bonds. The summed E-state index contributed by atoms with van der Waals surface area (Å²) in [6.07, 6.45) is 0. The lowest BCUT2D eigenvalue weighted by Gasteiger charge is -2.05. The van der Waals surface area contributed by atoms with Crippen molar-refractivity contribution in [3.63, 3.8) is 0 Å². The summed E-state index contributed by atoms with van der Waals surface area (Å²) in [5, 5.41) is 8.85. The number of rotatable bonds is 3. The summed E-state index contributed by atoms with van der Waals surface area (Å²) in [6, 6.07) is 11.4. The summed E-state index contributed by atoms with van der Waals surface area (Å²) in [5.41, 5.74) is 5.77. The minimum Gasteiger partial charge on any atom is -0.478 e. The van der Waals surface area contributed by atoms with Crippen molar-refractivity contribution in [1.82, 2.24) is 0 Å². The van der Waals surface area contributed by atoms with Crippen LogP contribution in [0.2, 0.25) is 0 Å². The molecule has 0 unspecified atom stereocenters. The maximum atomic E-state index is 11.8. The van der Waals surface area contributed by atoms with Crippen LogP contribution in [0.1, 0.15) is 31.1 Å². The van der Waals surface area contributed by atoms with Crippen LogP contribution in [-0.4, -0.2) is 23.0 Å². The lowest BCUT2D eigenvalue weighted by molar-refractivity contribution is 0.0398. The molecule has 2 rings (SSSR count). The average Bonchev–Trinajstić information content (AvgIpc) is 2.47. The van der Waals surface area contributed by atoms with E-state index in [1.807, 2.05) is 0 Å². The normalized spacial score (nSPS) is 9.90. The number of carboxylic acid groups (broad SMARTS) is 1. The first-order valence-electron chi connectivity index (χ1n) is 5.93. The number of hydrogen-bond donors (Lipinski definition) is 2. The highest BCUT2D eigenvalue weighted by molar-refractivity contribution is 6.05. The number of para-hydroxylation sites is 1. The van der Waals surface area contributed by atoms with Crippen molar-refractivity contribution < 1.29 is 24.2 Å². The van der Waals surface area contributed by atoms with Gasteiger partial charge in [-0.25, -0.2) is 14.4 Å². The van der Waals surface area contributed by atoms with Crippen LogP contribution >= 0.6 is 0 Å². The highest BCUT2D eigenvalue weighted by Gasteiger charge is 2.17. The Morgan fingerprint density at radius 3 is 2.24 bits per heavy atom. The minimum absolute atomic E-state index is 0.0299. The number of hydrogen-bond acceptors (Lipinski definition) is 5. The van der Waals surface area contributed by atoms with Crippen molar-refractivity contribution in [2.75, 3.05) is 5.73 Å². The molecule has 0 bridgehead atoms. The first kappa shape index (κ1) is 14.3. The zero-order valence-corrected chi connectivity index (χ0v) is 10.8. The number of ether oxygens (including phenoxy) is 1. The minimum atomic E-state index is -1.18. The molecule has 2 aromatic rings. The SMILES string of the molecule is Nc1ccccc1C(=O)OC(=O)c1cccc(C(=O)O)c1. The van der Waals surface area contributed by atoms with Crippen molar-refractivity contribution in [2.24, 2.45) is 0 Å². The molecule has 0 aliphatic rings. The van der Waals surface area contributed by atoms with Crippen LogP contribution in [0.15, 0.2) is 48.5 Å². The van der Waals surface area contributed by atoms with E-state index >= 15 is 0 Å². The van der Waals surface area contributed by atoms with E-state index in [2.05, 4.69) is 4.74 Å². The maximum absolute atomic E-state index is 11.8. The third-order valence-electron chi connectivity index (χ3n) is 2.71. The first-order valence-corrected chi connectivity index (χ1v) is 5.93. The molecule has 2 aromatic carbocycles. The van der Waals surface area contributed by atoms with Gasteiger partial charge in [-0.2, -0.15) is 0 Å². The van der Waals surface area contributed by atoms with Gasteiger partial charge in [-0.3, -0.25) is 0 Å². The van der Waals surface area contributed by atoms with Crippen molar-refractivity contribution in [2.45, 2.75) is 0 Å². The quantitative estimate of drug-likeness (QED) is 0.507. The highest BCUT2D eigenvalue weighted by Crippen LogP contribution is 2.14. The molecular formula is C15H11NO5. The van der Waals surface area contributed by atoms with Crippen LogP contribution in [0.4, 0.5) is 5.69 Å². The monoisotopic (exact) mass is 285 g/mol. The molecule has 0 aliphatic carbocycles. The molecule has 3 N–H and O–H groups in total. The number of aromatic carboxylic acids is 1. The fourth-order valence-electron chi connectivity index (χ4n) is 1.66. The molecule has 21 heavy (non-hydrogen) atoms. The smallest absolute Gasteiger partial charge is 0.348 e. The number of anilines is 1. The standard InChI is InChI=1S/C15H11NO5/c16-12-7-2-1-6-11(12)15(20)21-14(19)10-5-3-4-9(8-10)13(17)18/h1-8H,16H2,(H,17,18). The van der Waals surface area contributed by atoms with Gasteiger partial charge in [0.15, 0.2) is 0 Å². The van der Waals surface area contributed by atoms with E-state index in [0.29, 0.717) is 0 Å². The molecular weight excluding hydrogens is 274 g/mol. The Labute approximate surface area is 119 Å². The number of carboxylic acids is 1. The van der Waals surface area contributed by atoms with E-state index in [-0.39, 0.29) is 22.4 Å². The van der Waals surface area contributed by atoms with Gasteiger partial charge in [0, 0.05) is 5.69 Å². The lowest BCUT2D eigenvalue weighted by atomic mass is 10.1. The van der Waals surface area contributed by atoms with Crippen LogP contribution in [0.25, 0.3) is 0 Å². The largest absolute Gasteiger partial charge is 0.478 e. The number of nitrogen functional groups attached to an aromatic ring is 1. The van der Waals surface area contributed by atoms with E-state index in [4.69, 9.17) is 10.8 Å². The molecule has 0 fully saturated rings. The molecule has 0 saturated carbocycles. The predicted molar refractivity (Wildman–Crippen MR) is 74.0 cm³/mol.